The number of unbranched alkanes of at least 4 members (excludes halogenated alkanes) is 1. The first kappa shape index (κ1) is 27.0. The van der Waals surface area contributed by atoms with Crippen molar-refractivity contribution in [3.8, 4) is 0 Å². The predicted molar refractivity (Wildman–Crippen MR) is 136 cm³/mol. The third-order valence-electron chi connectivity index (χ3n) is 6.68. The minimum atomic E-state index is -1.01. The lowest BCUT2D eigenvalue weighted by molar-refractivity contribution is -0.137. The molecule has 0 spiro atoms. The molecule has 0 aliphatic carbocycles. The second kappa shape index (κ2) is 11.4. The van der Waals surface area contributed by atoms with E-state index in [0.717, 1.165) is 46.1 Å². The summed E-state index contributed by atoms with van der Waals surface area (Å²) in [6, 6.07) is 1.21. The fourth-order valence-corrected chi connectivity index (χ4v) is 4.38. The van der Waals surface area contributed by atoms with Gasteiger partial charge < -0.3 is 24.6 Å². The largest absolute Gasteiger partial charge is 0.481 e. The Kier molecular flexibility index (Phi) is 8.55. The van der Waals surface area contributed by atoms with Crippen molar-refractivity contribution < 1.29 is 28.3 Å². The van der Waals surface area contributed by atoms with Crippen LogP contribution in [0.15, 0.2) is 19.7 Å². The van der Waals surface area contributed by atoms with Gasteiger partial charge in [0.15, 0.2) is 0 Å². The van der Waals surface area contributed by atoms with Crippen LogP contribution in [0.1, 0.15) is 67.0 Å². The molecule has 2 heterocycles. The number of hydrogen-bond acceptors (Lipinski definition) is 6. The van der Waals surface area contributed by atoms with Gasteiger partial charge in [-0.15, -0.1) is 0 Å². The summed E-state index contributed by atoms with van der Waals surface area (Å²) < 4.78 is 11.5. The Morgan fingerprint density at radius 2 is 1.64 bits per heavy atom. The maximum Gasteiger partial charge on any atom is 0.339 e. The number of carboxylic acid groups (broad SMARTS) is 1. The molecule has 0 aliphatic heterocycles. The average Bonchev–Trinajstić information content (AvgIpc) is 3.11. The number of aliphatic carboxylic acids is 1. The highest BCUT2D eigenvalue weighted by Gasteiger charge is 2.22. The molecular weight excluding hydrogens is 464 g/mol. The van der Waals surface area contributed by atoms with E-state index in [1.165, 1.54) is 0 Å². The van der Waals surface area contributed by atoms with E-state index in [0.29, 0.717) is 23.2 Å². The summed E-state index contributed by atoms with van der Waals surface area (Å²) in [5.41, 5.74) is 3.65. The monoisotopic (exact) mass is 498 g/mol. The lowest BCUT2D eigenvalue weighted by atomic mass is 9.98. The average molecular weight is 499 g/mol. The standard InChI is InChI=1S/C27H34N2O7/c1-6-7-8-21(26(33)28-12-11-23(31)32)29-22(30)10-9-18-15(3)20-13-19-14(2)17(5)35-24(19)16(4)25(20)36-27(18)34/h13,21H,6-12H2,1-5H3,(H,28,33)(H,29,30)(H,31,32)/t21-/m0/s1. The van der Waals surface area contributed by atoms with Gasteiger partial charge in [-0.1, -0.05) is 19.8 Å². The van der Waals surface area contributed by atoms with Crippen molar-refractivity contribution in [3.63, 3.8) is 0 Å². The highest BCUT2D eigenvalue weighted by Crippen LogP contribution is 2.34. The third kappa shape index (κ3) is 5.78. The Labute approximate surface area is 209 Å². The fourth-order valence-electron chi connectivity index (χ4n) is 4.38. The van der Waals surface area contributed by atoms with Crippen LogP contribution in [0.25, 0.3) is 21.9 Å². The van der Waals surface area contributed by atoms with E-state index in [9.17, 15) is 19.2 Å². The van der Waals surface area contributed by atoms with Crippen LogP contribution in [0, 0.1) is 27.7 Å². The normalized spacial score (nSPS) is 12.1. The topological polar surface area (TPSA) is 139 Å². The molecule has 3 rings (SSSR count). The molecule has 0 fully saturated rings. The lowest BCUT2D eigenvalue weighted by Gasteiger charge is -2.18. The molecule has 2 amide bonds. The number of carbonyl (C=O) groups excluding carboxylic acids is 2. The number of carbonyl (C=O) groups is 3. The summed E-state index contributed by atoms with van der Waals surface area (Å²) in [5, 5.41) is 15.8. The zero-order valence-corrected chi connectivity index (χ0v) is 21.5. The number of furan rings is 1. The van der Waals surface area contributed by atoms with Crippen LogP contribution in [0.3, 0.4) is 0 Å². The van der Waals surface area contributed by atoms with Crippen LogP contribution in [0.2, 0.25) is 0 Å². The Hall–Kier alpha value is -3.62. The second-order valence-electron chi connectivity index (χ2n) is 9.23. The minimum Gasteiger partial charge on any atom is -0.481 e. The first-order chi connectivity index (χ1) is 17.0. The number of hydrogen-bond donors (Lipinski definition) is 3. The molecule has 0 aliphatic rings. The summed E-state index contributed by atoms with van der Waals surface area (Å²) in [6.07, 6.45) is 1.99. The van der Waals surface area contributed by atoms with Gasteiger partial charge in [0, 0.05) is 34.9 Å². The first-order valence-electron chi connectivity index (χ1n) is 12.3. The molecular formula is C27H34N2O7. The van der Waals surface area contributed by atoms with Crippen molar-refractivity contribution >= 4 is 39.7 Å². The van der Waals surface area contributed by atoms with Gasteiger partial charge in [-0.3, -0.25) is 14.4 Å². The Morgan fingerprint density at radius 3 is 2.31 bits per heavy atom. The Bertz CT molecular complexity index is 1370. The van der Waals surface area contributed by atoms with E-state index >= 15 is 0 Å². The van der Waals surface area contributed by atoms with E-state index in [4.69, 9.17) is 13.9 Å². The Morgan fingerprint density at radius 1 is 0.972 bits per heavy atom. The van der Waals surface area contributed by atoms with Gasteiger partial charge in [-0.2, -0.15) is 0 Å². The smallest absolute Gasteiger partial charge is 0.339 e. The zero-order valence-electron chi connectivity index (χ0n) is 21.5. The summed E-state index contributed by atoms with van der Waals surface area (Å²) in [4.78, 5) is 48.7. The molecule has 2 aromatic heterocycles. The third-order valence-corrected chi connectivity index (χ3v) is 6.68. The second-order valence-corrected chi connectivity index (χ2v) is 9.23. The van der Waals surface area contributed by atoms with E-state index in [1.54, 1.807) is 0 Å². The van der Waals surface area contributed by atoms with Gasteiger partial charge in [0.1, 0.15) is 23.0 Å². The molecule has 3 aromatic rings. The molecule has 0 radical (unpaired) electrons. The molecule has 9 nitrogen and oxygen atoms in total. The van der Waals surface area contributed by atoms with E-state index in [2.05, 4.69) is 10.6 Å². The zero-order chi connectivity index (χ0) is 26.6. The van der Waals surface area contributed by atoms with Gasteiger partial charge in [0.25, 0.3) is 0 Å². The number of nitrogens with one attached hydrogen (secondary N) is 2. The molecule has 1 atom stereocenters. The molecule has 9 heteroatoms. The molecule has 36 heavy (non-hydrogen) atoms. The SMILES string of the molecule is CCCC[C@H](NC(=O)CCc1c(C)c2cc3c(C)c(C)oc3c(C)c2oc1=O)C(=O)NCCC(=O)O. The first-order valence-corrected chi connectivity index (χ1v) is 12.3. The number of fused-ring (bicyclic) bond motifs is 2. The number of aryl methyl sites for hydroxylation is 4. The van der Waals surface area contributed by atoms with Gasteiger partial charge in [-0.25, -0.2) is 4.79 Å². The summed E-state index contributed by atoms with van der Waals surface area (Å²) in [7, 11) is 0. The van der Waals surface area contributed by atoms with Crippen molar-refractivity contribution in [3.05, 3.63) is 44.5 Å². The van der Waals surface area contributed by atoms with Gasteiger partial charge >= 0.3 is 11.6 Å². The molecule has 0 saturated carbocycles. The molecule has 194 valence electrons. The van der Waals surface area contributed by atoms with Crippen molar-refractivity contribution in [1.29, 1.82) is 0 Å². The van der Waals surface area contributed by atoms with E-state index in [-0.39, 0.29) is 31.7 Å². The van der Waals surface area contributed by atoms with Crippen LogP contribution in [-0.2, 0) is 20.8 Å². The van der Waals surface area contributed by atoms with Crippen LogP contribution in [-0.4, -0.2) is 35.5 Å². The van der Waals surface area contributed by atoms with Crippen molar-refractivity contribution in [2.45, 2.75) is 79.2 Å². The minimum absolute atomic E-state index is 0.00715. The summed E-state index contributed by atoms with van der Waals surface area (Å²) in [5.74, 6) is -0.978. The maximum absolute atomic E-state index is 12.8. The highest BCUT2D eigenvalue weighted by atomic mass is 16.4. The maximum atomic E-state index is 12.8. The number of carboxylic acids is 1. The van der Waals surface area contributed by atoms with Crippen molar-refractivity contribution in [2.24, 2.45) is 0 Å². The van der Waals surface area contributed by atoms with Crippen LogP contribution in [0.4, 0.5) is 0 Å². The molecule has 3 N–H and O–H groups in total. The molecule has 1 aromatic carbocycles. The highest BCUT2D eigenvalue weighted by molar-refractivity contribution is 6.00. The molecule has 0 unspecified atom stereocenters. The number of benzene rings is 1. The van der Waals surface area contributed by atoms with Crippen LogP contribution >= 0.6 is 0 Å². The summed E-state index contributed by atoms with van der Waals surface area (Å²) in [6.45, 7) is 9.56. The van der Waals surface area contributed by atoms with Crippen LogP contribution in [0.5, 0.6) is 0 Å². The summed E-state index contributed by atoms with van der Waals surface area (Å²) >= 11 is 0. The van der Waals surface area contributed by atoms with Crippen LogP contribution < -0.4 is 16.3 Å². The van der Waals surface area contributed by atoms with Gasteiger partial charge in [-0.05, 0) is 57.7 Å². The van der Waals surface area contributed by atoms with E-state index < -0.39 is 23.5 Å². The Balaban J connectivity index is 1.78. The fraction of sp³-hybridized carbons (Fsp3) is 0.481. The molecule has 0 saturated heterocycles. The molecule has 0 bridgehead atoms. The van der Waals surface area contributed by atoms with E-state index in [1.807, 2.05) is 40.7 Å². The van der Waals surface area contributed by atoms with Crippen molar-refractivity contribution in [2.75, 3.05) is 6.54 Å². The number of amides is 2. The van der Waals surface area contributed by atoms with Gasteiger partial charge in [0.2, 0.25) is 11.8 Å². The van der Waals surface area contributed by atoms with Gasteiger partial charge in [0.05, 0.1) is 6.42 Å². The quantitative estimate of drug-likeness (QED) is 0.340. The lowest BCUT2D eigenvalue weighted by Crippen LogP contribution is -2.47. The van der Waals surface area contributed by atoms with Crippen molar-refractivity contribution in [1.82, 2.24) is 10.6 Å². The number of rotatable bonds is 11. The predicted octanol–water partition coefficient (Wildman–Crippen LogP) is 3.97.